The van der Waals surface area contributed by atoms with Crippen molar-refractivity contribution >= 4 is 17.4 Å². The van der Waals surface area contributed by atoms with Crippen molar-refractivity contribution < 1.29 is 9.90 Å². The van der Waals surface area contributed by atoms with Gasteiger partial charge in [-0.25, -0.2) is 4.79 Å². The van der Waals surface area contributed by atoms with Crippen molar-refractivity contribution in [2.24, 2.45) is 10.7 Å². The number of benzene rings is 1. The van der Waals surface area contributed by atoms with Gasteiger partial charge in [0.1, 0.15) is 6.67 Å². The molecule has 0 atom stereocenters. The highest BCUT2D eigenvalue weighted by Gasteiger charge is 2.18. The zero-order chi connectivity index (χ0) is 11.3. The first-order valence-electron chi connectivity index (χ1n) is 4.48. The molecule has 0 fully saturated rings. The molecule has 5 nitrogen and oxygen atoms in total. The van der Waals surface area contributed by atoms with E-state index in [1.807, 2.05) is 12.1 Å². The van der Waals surface area contributed by atoms with Gasteiger partial charge in [-0.1, -0.05) is 18.2 Å². The second-order valence-corrected chi connectivity index (χ2v) is 2.69. The van der Waals surface area contributed by atoms with E-state index in [1.165, 1.54) is 7.05 Å². The van der Waals surface area contributed by atoms with E-state index in [4.69, 9.17) is 5.11 Å². The third-order valence-corrected chi connectivity index (χ3v) is 1.89. The molecule has 4 N–H and O–H groups in total. The molecule has 1 aliphatic heterocycles. The zero-order valence-corrected chi connectivity index (χ0v) is 8.40. The van der Waals surface area contributed by atoms with Gasteiger partial charge in [0.25, 0.3) is 0 Å². The summed E-state index contributed by atoms with van der Waals surface area (Å²) in [4.78, 5) is 14.6. The number of aliphatic imine (C=N–C) groups is 1. The number of carbonyl (C=O) groups is 1. The Labute approximate surface area is 87.6 Å². The lowest BCUT2D eigenvalue weighted by Crippen LogP contribution is -2.22. The van der Waals surface area contributed by atoms with Gasteiger partial charge in [0.2, 0.25) is 0 Å². The Kier molecular flexibility index (Phi) is 3.82. The standard InChI is InChI=1S/C9H8N2O2.CH5N/c12-9(13)8-6-3-1-2-4-7(6)10-5-11-8;1-2/h1-4,10H,5H2,(H,12,13);2H2,1H3. The molecule has 1 aliphatic rings. The fraction of sp³-hybridized carbons (Fsp3) is 0.200. The molecule has 0 saturated heterocycles. The summed E-state index contributed by atoms with van der Waals surface area (Å²) in [6.07, 6.45) is 0. The van der Waals surface area contributed by atoms with E-state index in [0.717, 1.165) is 5.69 Å². The summed E-state index contributed by atoms with van der Waals surface area (Å²) in [5.41, 5.74) is 6.12. The number of aliphatic carboxylic acids is 1. The molecule has 0 bridgehead atoms. The molecule has 1 aromatic carbocycles. The maximum Gasteiger partial charge on any atom is 0.354 e. The number of rotatable bonds is 1. The van der Waals surface area contributed by atoms with Crippen molar-refractivity contribution in [3.63, 3.8) is 0 Å². The van der Waals surface area contributed by atoms with Gasteiger partial charge in [0, 0.05) is 11.3 Å². The second-order valence-electron chi connectivity index (χ2n) is 2.69. The van der Waals surface area contributed by atoms with Crippen LogP contribution in [0.25, 0.3) is 0 Å². The molecular weight excluding hydrogens is 194 g/mol. The summed E-state index contributed by atoms with van der Waals surface area (Å²) in [6.45, 7) is 0.332. The van der Waals surface area contributed by atoms with Crippen LogP contribution in [0.5, 0.6) is 0 Å². The number of nitrogens with one attached hydrogen (secondary N) is 1. The Morgan fingerprint density at radius 3 is 2.80 bits per heavy atom. The molecule has 1 aromatic rings. The monoisotopic (exact) mass is 207 g/mol. The number of carboxylic acids is 1. The lowest BCUT2D eigenvalue weighted by molar-refractivity contribution is -0.129. The van der Waals surface area contributed by atoms with Crippen LogP contribution in [0.3, 0.4) is 0 Å². The topological polar surface area (TPSA) is 87.7 Å². The van der Waals surface area contributed by atoms with E-state index in [2.05, 4.69) is 16.0 Å². The third kappa shape index (κ3) is 2.32. The molecule has 0 unspecified atom stereocenters. The predicted molar refractivity (Wildman–Crippen MR) is 59.2 cm³/mol. The molecule has 0 spiro atoms. The molecule has 0 amide bonds. The number of nitrogens with zero attached hydrogens (tertiary/aromatic N) is 1. The molecule has 0 saturated carbocycles. The molecule has 0 aromatic heterocycles. The molecule has 80 valence electrons. The van der Waals surface area contributed by atoms with Gasteiger partial charge < -0.3 is 16.2 Å². The first-order chi connectivity index (χ1) is 7.29. The maximum absolute atomic E-state index is 10.8. The van der Waals surface area contributed by atoms with Gasteiger partial charge >= 0.3 is 5.97 Å². The van der Waals surface area contributed by atoms with E-state index in [9.17, 15) is 4.79 Å². The van der Waals surface area contributed by atoms with E-state index >= 15 is 0 Å². The summed E-state index contributed by atoms with van der Waals surface area (Å²) in [6, 6.07) is 7.24. The number of anilines is 1. The van der Waals surface area contributed by atoms with Crippen LogP contribution >= 0.6 is 0 Å². The molecular formula is C10H13N3O2. The summed E-state index contributed by atoms with van der Waals surface area (Å²) >= 11 is 0. The molecule has 15 heavy (non-hydrogen) atoms. The van der Waals surface area contributed by atoms with Crippen LogP contribution < -0.4 is 11.1 Å². The van der Waals surface area contributed by atoms with E-state index < -0.39 is 5.97 Å². The van der Waals surface area contributed by atoms with Crippen LogP contribution in [0.2, 0.25) is 0 Å². The normalized spacial score (nSPS) is 12.5. The summed E-state index contributed by atoms with van der Waals surface area (Å²) in [5, 5.41) is 11.8. The highest BCUT2D eigenvalue weighted by molar-refractivity contribution is 6.44. The number of hydrogen-bond donors (Lipinski definition) is 3. The van der Waals surface area contributed by atoms with Gasteiger partial charge in [0.05, 0.1) is 0 Å². The van der Waals surface area contributed by atoms with Crippen LogP contribution in [0, 0.1) is 0 Å². The molecule has 2 rings (SSSR count). The zero-order valence-electron chi connectivity index (χ0n) is 8.40. The second kappa shape index (κ2) is 5.11. The Morgan fingerprint density at radius 2 is 2.13 bits per heavy atom. The van der Waals surface area contributed by atoms with Gasteiger partial charge in [-0.05, 0) is 13.1 Å². The third-order valence-electron chi connectivity index (χ3n) is 1.89. The van der Waals surface area contributed by atoms with Crippen molar-refractivity contribution in [1.29, 1.82) is 0 Å². The summed E-state index contributed by atoms with van der Waals surface area (Å²) in [5.74, 6) is -0.978. The number of nitrogens with two attached hydrogens (primary N) is 1. The Morgan fingerprint density at radius 1 is 1.47 bits per heavy atom. The van der Waals surface area contributed by atoms with Gasteiger partial charge in [-0.15, -0.1) is 0 Å². The quantitative estimate of drug-likeness (QED) is 0.626. The van der Waals surface area contributed by atoms with Crippen LogP contribution in [0.15, 0.2) is 29.3 Å². The maximum atomic E-state index is 10.8. The number of fused-ring (bicyclic) bond motifs is 1. The number of hydrogen-bond acceptors (Lipinski definition) is 4. The fourth-order valence-corrected chi connectivity index (χ4v) is 1.32. The highest BCUT2D eigenvalue weighted by atomic mass is 16.4. The van der Waals surface area contributed by atoms with Gasteiger partial charge in [-0.2, -0.15) is 0 Å². The molecule has 0 radical (unpaired) electrons. The SMILES string of the molecule is CN.O=C(O)C1=NCNc2ccccc21. The van der Waals surface area contributed by atoms with Gasteiger partial charge in [0.15, 0.2) is 5.71 Å². The van der Waals surface area contributed by atoms with Crippen molar-refractivity contribution in [1.82, 2.24) is 0 Å². The fourth-order valence-electron chi connectivity index (χ4n) is 1.32. The van der Waals surface area contributed by atoms with Crippen LogP contribution in [-0.2, 0) is 4.79 Å². The average Bonchev–Trinajstić information content (AvgIpc) is 2.31. The lowest BCUT2D eigenvalue weighted by Gasteiger charge is -2.15. The first-order valence-corrected chi connectivity index (χ1v) is 4.48. The highest BCUT2D eigenvalue weighted by Crippen LogP contribution is 2.19. The summed E-state index contributed by atoms with van der Waals surface area (Å²) < 4.78 is 0. The van der Waals surface area contributed by atoms with E-state index in [0.29, 0.717) is 12.2 Å². The number of para-hydroxylation sites is 1. The lowest BCUT2D eigenvalue weighted by atomic mass is 10.1. The van der Waals surface area contributed by atoms with Crippen molar-refractivity contribution in [3.8, 4) is 0 Å². The van der Waals surface area contributed by atoms with E-state index in [-0.39, 0.29) is 5.71 Å². The molecule has 5 heteroatoms. The smallest absolute Gasteiger partial charge is 0.354 e. The van der Waals surface area contributed by atoms with Crippen molar-refractivity contribution in [3.05, 3.63) is 29.8 Å². The minimum absolute atomic E-state index is 0.134. The Balaban J connectivity index is 0.000000531. The Hall–Kier alpha value is -1.88. The first kappa shape index (κ1) is 11.2. The average molecular weight is 207 g/mol. The summed E-state index contributed by atoms with van der Waals surface area (Å²) in [7, 11) is 1.50. The Bertz CT molecular complexity index is 388. The van der Waals surface area contributed by atoms with Gasteiger partial charge in [-0.3, -0.25) is 4.99 Å². The van der Waals surface area contributed by atoms with Crippen LogP contribution in [-0.4, -0.2) is 30.5 Å². The van der Waals surface area contributed by atoms with Crippen LogP contribution in [0.4, 0.5) is 5.69 Å². The van der Waals surface area contributed by atoms with E-state index in [1.54, 1.807) is 12.1 Å². The minimum Gasteiger partial charge on any atom is -0.477 e. The molecule has 1 heterocycles. The largest absolute Gasteiger partial charge is 0.477 e. The van der Waals surface area contributed by atoms with Crippen molar-refractivity contribution in [2.45, 2.75) is 0 Å². The molecule has 0 aliphatic carbocycles. The van der Waals surface area contributed by atoms with Crippen LogP contribution in [0.1, 0.15) is 5.56 Å². The minimum atomic E-state index is -0.978. The number of carboxylic acid groups (broad SMARTS) is 1. The van der Waals surface area contributed by atoms with Crippen molar-refractivity contribution in [2.75, 3.05) is 19.0 Å². The predicted octanol–water partition coefficient (Wildman–Crippen LogP) is 0.518.